The van der Waals surface area contributed by atoms with E-state index in [-0.39, 0.29) is 31.3 Å². The van der Waals surface area contributed by atoms with Gasteiger partial charge in [-0.3, -0.25) is 14.5 Å². The molecule has 0 aliphatic heterocycles. The lowest BCUT2D eigenvalue weighted by atomic mass is 10.1. The summed E-state index contributed by atoms with van der Waals surface area (Å²) in [5.41, 5.74) is 7.54. The van der Waals surface area contributed by atoms with Crippen molar-refractivity contribution < 1.29 is 18.7 Å². The Kier molecular flexibility index (Phi) is 6.42. The van der Waals surface area contributed by atoms with Crippen molar-refractivity contribution in [2.75, 3.05) is 11.5 Å². The van der Waals surface area contributed by atoms with Gasteiger partial charge in [-0.25, -0.2) is 9.37 Å². The second-order valence-corrected chi connectivity index (χ2v) is 8.16. The van der Waals surface area contributed by atoms with E-state index in [9.17, 15) is 14.0 Å². The highest BCUT2D eigenvalue weighted by Crippen LogP contribution is 2.30. The molecule has 6 nitrogen and oxygen atoms in total. The molecule has 3 aromatic carbocycles. The zero-order chi connectivity index (χ0) is 22.5. The number of nitrogens with two attached hydrogens (primary N) is 1. The first-order valence-electron chi connectivity index (χ1n) is 9.88. The fraction of sp³-hybridized carbons (Fsp3) is 0.125. The van der Waals surface area contributed by atoms with Gasteiger partial charge < -0.3 is 10.5 Å². The van der Waals surface area contributed by atoms with Crippen LogP contribution in [-0.4, -0.2) is 23.4 Å². The van der Waals surface area contributed by atoms with Crippen LogP contribution in [0.15, 0.2) is 72.8 Å². The zero-order valence-corrected chi connectivity index (χ0v) is 17.8. The molecular formula is C24H20FN3O3S. The van der Waals surface area contributed by atoms with E-state index in [0.29, 0.717) is 10.9 Å². The number of amides is 2. The Balaban J connectivity index is 1.52. The second-order valence-electron chi connectivity index (χ2n) is 7.15. The van der Waals surface area contributed by atoms with Crippen LogP contribution in [0, 0.1) is 5.82 Å². The maximum atomic E-state index is 13.3. The topological polar surface area (TPSA) is 85.5 Å². The number of ether oxygens (including phenoxy) is 1. The highest BCUT2D eigenvalue weighted by molar-refractivity contribution is 7.22. The number of nitrogens with zero attached hydrogens (tertiary/aromatic N) is 2. The third kappa shape index (κ3) is 5.28. The number of para-hydroxylation sites is 1. The lowest BCUT2D eigenvalue weighted by Crippen LogP contribution is -2.34. The monoisotopic (exact) mass is 449 g/mol. The van der Waals surface area contributed by atoms with E-state index in [1.807, 2.05) is 24.3 Å². The van der Waals surface area contributed by atoms with Crippen molar-refractivity contribution in [3.05, 3.63) is 89.7 Å². The number of thiazole rings is 1. The minimum Gasteiger partial charge on any atom is -0.484 e. The van der Waals surface area contributed by atoms with Crippen LogP contribution in [0.1, 0.15) is 11.1 Å². The minimum absolute atomic E-state index is 0.141. The maximum Gasteiger partial charge on any atom is 0.267 e. The molecule has 0 bridgehead atoms. The summed E-state index contributed by atoms with van der Waals surface area (Å²) in [7, 11) is 0. The molecule has 8 heteroatoms. The number of aromatic nitrogens is 1. The highest BCUT2D eigenvalue weighted by Gasteiger charge is 2.21. The minimum atomic E-state index is -0.416. The number of hydrogen-bond donors (Lipinski definition) is 1. The molecule has 0 aliphatic carbocycles. The Bertz CT molecular complexity index is 1210. The average molecular weight is 450 g/mol. The number of halogens is 1. The van der Waals surface area contributed by atoms with Crippen LogP contribution in [0.4, 0.5) is 9.52 Å². The molecular weight excluding hydrogens is 429 g/mol. The van der Waals surface area contributed by atoms with Crippen LogP contribution >= 0.6 is 11.3 Å². The molecule has 0 atom stereocenters. The van der Waals surface area contributed by atoms with E-state index in [0.717, 1.165) is 21.3 Å². The molecule has 0 fully saturated rings. The van der Waals surface area contributed by atoms with Gasteiger partial charge in [0.15, 0.2) is 11.7 Å². The Hall–Kier alpha value is -3.78. The van der Waals surface area contributed by atoms with Gasteiger partial charge in [0.25, 0.3) is 5.91 Å². The smallest absolute Gasteiger partial charge is 0.267 e. The first-order chi connectivity index (χ1) is 15.5. The fourth-order valence-electron chi connectivity index (χ4n) is 3.14. The van der Waals surface area contributed by atoms with Crippen molar-refractivity contribution in [1.82, 2.24) is 4.98 Å². The summed E-state index contributed by atoms with van der Waals surface area (Å²) in [5, 5.41) is 0.543. The van der Waals surface area contributed by atoms with Crippen molar-refractivity contribution in [1.29, 1.82) is 0 Å². The quantitative estimate of drug-likeness (QED) is 0.439. The van der Waals surface area contributed by atoms with E-state index in [2.05, 4.69) is 4.98 Å². The van der Waals surface area contributed by atoms with Crippen LogP contribution < -0.4 is 15.4 Å². The number of hydrogen-bond acceptors (Lipinski definition) is 5. The molecule has 0 saturated carbocycles. The summed E-state index contributed by atoms with van der Waals surface area (Å²) in [6, 6.07) is 20.5. The summed E-state index contributed by atoms with van der Waals surface area (Å²) in [6.07, 6.45) is 0.141. The Morgan fingerprint density at radius 3 is 2.34 bits per heavy atom. The number of fused-ring (bicyclic) bond motifs is 1. The zero-order valence-electron chi connectivity index (χ0n) is 17.0. The lowest BCUT2D eigenvalue weighted by Gasteiger charge is -2.20. The van der Waals surface area contributed by atoms with Gasteiger partial charge in [-0.2, -0.15) is 0 Å². The van der Waals surface area contributed by atoms with E-state index < -0.39 is 5.91 Å². The number of rotatable bonds is 8. The number of primary amides is 1. The summed E-state index contributed by atoms with van der Waals surface area (Å²) in [6.45, 7) is 0.0339. The Morgan fingerprint density at radius 2 is 1.66 bits per heavy atom. The predicted octanol–water partition coefficient (Wildman–Crippen LogP) is 4.08. The number of benzene rings is 3. The molecule has 0 aliphatic rings. The first kappa shape index (κ1) is 21.5. The SMILES string of the molecule is NC(=O)Cc1ccc(OCC(=O)N(Cc2ccc(F)cc2)c2nc3ccccc3s2)cc1. The van der Waals surface area contributed by atoms with Gasteiger partial charge in [-0.05, 0) is 47.5 Å². The van der Waals surface area contributed by atoms with E-state index >= 15 is 0 Å². The van der Waals surface area contributed by atoms with E-state index in [4.69, 9.17) is 10.5 Å². The molecule has 2 N–H and O–H groups in total. The number of carbonyl (C=O) groups is 2. The van der Waals surface area contributed by atoms with Gasteiger partial charge in [0.05, 0.1) is 23.2 Å². The first-order valence-corrected chi connectivity index (χ1v) is 10.7. The lowest BCUT2D eigenvalue weighted by molar-refractivity contribution is -0.120. The van der Waals surface area contributed by atoms with Crippen molar-refractivity contribution in [3.63, 3.8) is 0 Å². The van der Waals surface area contributed by atoms with Crippen LogP contribution in [0.25, 0.3) is 10.2 Å². The fourth-order valence-corrected chi connectivity index (χ4v) is 4.12. The van der Waals surface area contributed by atoms with Gasteiger partial charge in [-0.15, -0.1) is 0 Å². The summed E-state index contributed by atoms with van der Waals surface area (Å²) in [5.74, 6) is -0.539. The van der Waals surface area contributed by atoms with Crippen LogP contribution in [0.3, 0.4) is 0 Å². The van der Waals surface area contributed by atoms with Gasteiger partial charge >= 0.3 is 0 Å². The molecule has 162 valence electrons. The van der Waals surface area contributed by atoms with E-state index in [1.54, 1.807) is 41.3 Å². The van der Waals surface area contributed by atoms with Gasteiger partial charge in [0.1, 0.15) is 11.6 Å². The molecule has 32 heavy (non-hydrogen) atoms. The molecule has 0 unspecified atom stereocenters. The van der Waals surface area contributed by atoms with Gasteiger partial charge in [0.2, 0.25) is 5.91 Å². The summed E-state index contributed by atoms with van der Waals surface area (Å²) in [4.78, 5) is 30.3. The molecule has 1 aromatic heterocycles. The van der Waals surface area contributed by atoms with Gasteiger partial charge in [0, 0.05) is 0 Å². The molecule has 0 spiro atoms. The van der Waals surface area contributed by atoms with Crippen LogP contribution in [-0.2, 0) is 22.6 Å². The standard InChI is InChI=1S/C24H20FN3O3S/c25-18-9-5-17(6-10-18)14-28(24-27-20-3-1-2-4-21(20)32-24)23(30)15-31-19-11-7-16(8-12-19)13-22(26)29/h1-12H,13-15H2,(H2,26,29). The normalized spacial score (nSPS) is 10.8. The Labute approximate surface area is 188 Å². The van der Waals surface area contributed by atoms with Crippen molar-refractivity contribution in [2.24, 2.45) is 5.73 Å². The van der Waals surface area contributed by atoms with Gasteiger partial charge in [-0.1, -0.05) is 47.7 Å². The van der Waals surface area contributed by atoms with Crippen molar-refractivity contribution in [2.45, 2.75) is 13.0 Å². The molecule has 0 saturated heterocycles. The largest absolute Gasteiger partial charge is 0.484 e. The van der Waals surface area contributed by atoms with Crippen LogP contribution in [0.5, 0.6) is 5.75 Å². The predicted molar refractivity (Wildman–Crippen MR) is 122 cm³/mol. The maximum absolute atomic E-state index is 13.3. The summed E-state index contributed by atoms with van der Waals surface area (Å²) < 4.78 is 19.9. The van der Waals surface area contributed by atoms with Crippen LogP contribution in [0.2, 0.25) is 0 Å². The number of carbonyl (C=O) groups excluding carboxylic acids is 2. The Morgan fingerprint density at radius 1 is 0.969 bits per heavy atom. The average Bonchev–Trinajstić information content (AvgIpc) is 3.21. The highest BCUT2D eigenvalue weighted by atomic mass is 32.1. The molecule has 1 heterocycles. The molecule has 4 aromatic rings. The van der Waals surface area contributed by atoms with E-state index in [1.165, 1.54) is 23.5 Å². The van der Waals surface area contributed by atoms with Crippen molar-refractivity contribution >= 4 is 38.5 Å². The number of anilines is 1. The summed E-state index contributed by atoms with van der Waals surface area (Å²) >= 11 is 1.41. The molecule has 0 radical (unpaired) electrons. The third-order valence-corrected chi connectivity index (χ3v) is 5.79. The van der Waals surface area contributed by atoms with Crippen molar-refractivity contribution in [3.8, 4) is 5.75 Å². The molecule has 2 amide bonds. The molecule has 4 rings (SSSR count). The third-order valence-electron chi connectivity index (χ3n) is 4.73. The second kappa shape index (κ2) is 9.57.